The zero-order chi connectivity index (χ0) is 12.3. The molecular formula is C11H10N2O3S. The molecule has 0 bridgehead atoms. The molecule has 0 radical (unpaired) electrons. The summed E-state index contributed by atoms with van der Waals surface area (Å²) < 4.78 is 13.9. The predicted molar refractivity (Wildman–Crippen MR) is 62.9 cm³/mol. The van der Waals surface area contributed by atoms with E-state index in [4.69, 9.17) is 9.47 Å². The molecule has 88 valence electrons. The Hall–Kier alpha value is -1.95. The summed E-state index contributed by atoms with van der Waals surface area (Å²) in [5.74, 6) is 0.937. The van der Waals surface area contributed by atoms with E-state index in [0.717, 1.165) is 11.5 Å². The summed E-state index contributed by atoms with van der Waals surface area (Å²) in [6, 6.07) is 5.07. The average Bonchev–Trinajstić information content (AvgIpc) is 2.91. The molecule has 0 N–H and O–H groups in total. The first-order chi connectivity index (χ1) is 8.26. The van der Waals surface area contributed by atoms with Crippen LogP contribution >= 0.6 is 11.5 Å². The summed E-state index contributed by atoms with van der Waals surface area (Å²) in [4.78, 5) is 12.6. The van der Waals surface area contributed by atoms with Crippen LogP contribution in [0.1, 0.15) is 15.2 Å². The van der Waals surface area contributed by atoms with E-state index in [1.165, 1.54) is 13.3 Å². The first kappa shape index (κ1) is 11.5. The largest absolute Gasteiger partial charge is 0.497 e. The van der Waals surface area contributed by atoms with Crippen molar-refractivity contribution in [3.63, 3.8) is 0 Å². The lowest BCUT2D eigenvalue weighted by molar-refractivity contribution is 0.103. The van der Waals surface area contributed by atoms with Crippen LogP contribution in [0.2, 0.25) is 0 Å². The summed E-state index contributed by atoms with van der Waals surface area (Å²) >= 11 is 1.05. The van der Waals surface area contributed by atoms with Crippen LogP contribution in [0.3, 0.4) is 0 Å². The van der Waals surface area contributed by atoms with Crippen LogP contribution in [0.4, 0.5) is 0 Å². The van der Waals surface area contributed by atoms with E-state index in [1.54, 1.807) is 25.3 Å². The van der Waals surface area contributed by atoms with Crippen molar-refractivity contribution in [2.45, 2.75) is 0 Å². The summed E-state index contributed by atoms with van der Waals surface area (Å²) in [7, 11) is 3.06. The van der Waals surface area contributed by atoms with Gasteiger partial charge in [0.2, 0.25) is 5.78 Å². The monoisotopic (exact) mass is 250 g/mol. The fraction of sp³-hybridized carbons (Fsp3) is 0.182. The first-order valence-corrected chi connectivity index (χ1v) is 5.57. The fourth-order valence-electron chi connectivity index (χ4n) is 1.39. The van der Waals surface area contributed by atoms with Crippen LogP contribution in [0.15, 0.2) is 24.4 Å². The van der Waals surface area contributed by atoms with Gasteiger partial charge < -0.3 is 9.47 Å². The molecule has 2 aromatic rings. The normalized spacial score (nSPS) is 10.0. The molecule has 0 aliphatic rings. The molecule has 0 fully saturated rings. The number of ketones is 1. The number of nitrogens with zero attached hydrogens (tertiary/aromatic N) is 2. The Morgan fingerprint density at radius 1 is 1.29 bits per heavy atom. The molecule has 2 rings (SSSR count). The standard InChI is InChI=1S/C11H10N2O3S/c1-15-7-3-4-9(16-2)8(5-7)11(14)10-6-12-13-17-10/h3-6H,1-2H3. The van der Waals surface area contributed by atoms with Gasteiger partial charge in [-0.2, -0.15) is 0 Å². The van der Waals surface area contributed by atoms with Crippen molar-refractivity contribution in [1.29, 1.82) is 0 Å². The van der Waals surface area contributed by atoms with Gasteiger partial charge in [-0.3, -0.25) is 4.79 Å². The van der Waals surface area contributed by atoms with Crippen LogP contribution in [-0.4, -0.2) is 29.6 Å². The fourth-order valence-corrected chi connectivity index (χ4v) is 1.86. The zero-order valence-electron chi connectivity index (χ0n) is 9.34. The summed E-state index contributed by atoms with van der Waals surface area (Å²) in [6.07, 6.45) is 1.44. The van der Waals surface area contributed by atoms with Crippen LogP contribution in [0, 0.1) is 0 Å². The number of ether oxygens (including phenoxy) is 2. The molecule has 0 amide bonds. The maximum absolute atomic E-state index is 12.2. The highest BCUT2D eigenvalue weighted by Crippen LogP contribution is 2.26. The van der Waals surface area contributed by atoms with Gasteiger partial charge in [-0.25, -0.2) is 0 Å². The molecule has 5 nitrogen and oxygen atoms in total. The van der Waals surface area contributed by atoms with E-state index in [-0.39, 0.29) is 5.78 Å². The maximum atomic E-state index is 12.2. The number of methoxy groups -OCH3 is 2. The number of benzene rings is 1. The molecule has 1 aromatic carbocycles. The van der Waals surface area contributed by atoms with Crippen LogP contribution in [0.5, 0.6) is 11.5 Å². The third-order valence-electron chi connectivity index (χ3n) is 2.24. The molecule has 0 aliphatic heterocycles. The molecule has 0 aliphatic carbocycles. The Morgan fingerprint density at radius 3 is 2.71 bits per heavy atom. The highest BCUT2D eigenvalue weighted by atomic mass is 32.1. The molecule has 0 atom stereocenters. The molecule has 1 heterocycles. The maximum Gasteiger partial charge on any atom is 0.210 e. The van der Waals surface area contributed by atoms with E-state index < -0.39 is 0 Å². The predicted octanol–water partition coefficient (Wildman–Crippen LogP) is 1.79. The van der Waals surface area contributed by atoms with Crippen molar-refractivity contribution in [3.8, 4) is 11.5 Å². The Labute approximate surface area is 102 Å². The van der Waals surface area contributed by atoms with Crippen molar-refractivity contribution >= 4 is 17.3 Å². The molecule has 6 heteroatoms. The quantitative estimate of drug-likeness (QED) is 0.774. The van der Waals surface area contributed by atoms with Crippen LogP contribution in [-0.2, 0) is 0 Å². The second kappa shape index (κ2) is 4.92. The van der Waals surface area contributed by atoms with E-state index >= 15 is 0 Å². The highest BCUT2D eigenvalue weighted by molar-refractivity contribution is 7.08. The van der Waals surface area contributed by atoms with Crippen molar-refractivity contribution in [2.24, 2.45) is 0 Å². The van der Waals surface area contributed by atoms with Crippen LogP contribution in [0.25, 0.3) is 0 Å². The number of hydrogen-bond donors (Lipinski definition) is 0. The van der Waals surface area contributed by atoms with Gasteiger partial charge >= 0.3 is 0 Å². The van der Waals surface area contributed by atoms with Gasteiger partial charge in [0.05, 0.1) is 26.0 Å². The molecule has 0 unspecified atom stereocenters. The van der Waals surface area contributed by atoms with E-state index in [9.17, 15) is 4.79 Å². The lowest BCUT2D eigenvalue weighted by Crippen LogP contribution is -2.02. The first-order valence-electron chi connectivity index (χ1n) is 4.80. The van der Waals surface area contributed by atoms with Gasteiger partial charge in [-0.1, -0.05) is 4.49 Å². The van der Waals surface area contributed by atoms with Gasteiger partial charge in [0, 0.05) is 0 Å². The summed E-state index contributed by atoms with van der Waals surface area (Å²) in [6.45, 7) is 0. The van der Waals surface area contributed by atoms with Gasteiger partial charge in [-0.05, 0) is 29.7 Å². The topological polar surface area (TPSA) is 61.3 Å². The van der Waals surface area contributed by atoms with Gasteiger partial charge in [0.1, 0.15) is 16.4 Å². The van der Waals surface area contributed by atoms with Crippen molar-refractivity contribution in [3.05, 3.63) is 34.8 Å². The smallest absolute Gasteiger partial charge is 0.210 e. The molecule has 0 saturated carbocycles. The number of carbonyl (C=O) groups excluding carboxylic acids is 1. The lowest BCUT2D eigenvalue weighted by atomic mass is 10.1. The summed E-state index contributed by atoms with van der Waals surface area (Å²) in [5, 5.41) is 3.64. The van der Waals surface area contributed by atoms with Crippen LogP contribution < -0.4 is 9.47 Å². The van der Waals surface area contributed by atoms with Crippen molar-refractivity contribution in [1.82, 2.24) is 9.59 Å². The minimum atomic E-state index is -0.171. The molecule has 1 aromatic heterocycles. The third kappa shape index (κ3) is 2.26. The molecule has 0 spiro atoms. The van der Waals surface area contributed by atoms with Gasteiger partial charge in [-0.15, -0.1) is 5.10 Å². The lowest BCUT2D eigenvalue weighted by Gasteiger charge is -2.08. The molecule has 17 heavy (non-hydrogen) atoms. The number of rotatable bonds is 4. The summed E-state index contributed by atoms with van der Waals surface area (Å²) in [5.41, 5.74) is 0.443. The van der Waals surface area contributed by atoms with Gasteiger partial charge in [0.15, 0.2) is 0 Å². The van der Waals surface area contributed by atoms with Crippen molar-refractivity contribution in [2.75, 3.05) is 14.2 Å². The Kier molecular flexibility index (Phi) is 3.34. The zero-order valence-corrected chi connectivity index (χ0v) is 10.2. The SMILES string of the molecule is COc1ccc(OC)c(C(=O)c2cnns2)c1. The Bertz CT molecular complexity index is 526. The molecular weight excluding hydrogens is 240 g/mol. The third-order valence-corrected chi connectivity index (χ3v) is 2.90. The van der Waals surface area contributed by atoms with Crippen molar-refractivity contribution < 1.29 is 14.3 Å². The second-order valence-corrected chi connectivity index (χ2v) is 3.96. The Balaban J connectivity index is 2.45. The average molecular weight is 250 g/mol. The van der Waals surface area contributed by atoms with E-state index in [1.807, 2.05) is 0 Å². The minimum absolute atomic E-state index is 0.171. The minimum Gasteiger partial charge on any atom is -0.497 e. The number of aromatic nitrogens is 2. The second-order valence-electron chi connectivity index (χ2n) is 3.18. The van der Waals surface area contributed by atoms with Gasteiger partial charge in [0.25, 0.3) is 0 Å². The number of hydrogen-bond acceptors (Lipinski definition) is 6. The Morgan fingerprint density at radius 2 is 2.12 bits per heavy atom. The van der Waals surface area contributed by atoms with E-state index in [0.29, 0.717) is 21.9 Å². The number of carbonyl (C=O) groups is 1. The molecule has 0 saturated heterocycles. The van der Waals surface area contributed by atoms with E-state index in [2.05, 4.69) is 9.59 Å². The highest BCUT2D eigenvalue weighted by Gasteiger charge is 2.17.